The number of aromatic nitrogens is 1. The molecule has 104 valence electrons. The highest BCUT2D eigenvalue weighted by Crippen LogP contribution is 2.26. The van der Waals surface area contributed by atoms with E-state index >= 15 is 0 Å². The largest absolute Gasteiger partial charge is 0.478 e. The lowest BCUT2D eigenvalue weighted by Crippen LogP contribution is -2.03. The second-order valence-corrected chi connectivity index (χ2v) is 4.33. The summed E-state index contributed by atoms with van der Waals surface area (Å²) in [5, 5.41) is 20.8. The Balaban J connectivity index is 2.46. The Morgan fingerprint density at radius 2 is 2.20 bits per heavy atom. The van der Waals surface area contributed by atoms with Gasteiger partial charge in [0.05, 0.1) is 4.92 Å². The molecule has 0 bridgehead atoms. The number of para-hydroxylation sites is 1. The van der Waals surface area contributed by atoms with Crippen LogP contribution in [0.4, 0.5) is 5.69 Å². The number of nitrogens with zero attached hydrogens (tertiary/aromatic N) is 2. The van der Waals surface area contributed by atoms with Crippen LogP contribution in [0.2, 0.25) is 0 Å². The average molecular weight is 274 g/mol. The second kappa shape index (κ2) is 5.56. The molecule has 0 fully saturated rings. The number of nitro groups is 1. The van der Waals surface area contributed by atoms with Gasteiger partial charge in [-0.05, 0) is 12.5 Å². The smallest absolute Gasteiger partial charge is 0.331 e. The minimum Gasteiger partial charge on any atom is -0.478 e. The summed E-state index contributed by atoms with van der Waals surface area (Å²) in [7, 11) is 0. The van der Waals surface area contributed by atoms with Crippen LogP contribution in [0.25, 0.3) is 10.9 Å². The van der Waals surface area contributed by atoms with Gasteiger partial charge < -0.3 is 9.67 Å². The highest BCUT2D eigenvalue weighted by Gasteiger charge is 2.15. The molecule has 0 radical (unpaired) electrons. The van der Waals surface area contributed by atoms with Crippen molar-refractivity contribution in [2.75, 3.05) is 0 Å². The third-order valence-electron chi connectivity index (χ3n) is 3.15. The van der Waals surface area contributed by atoms with Crippen LogP contribution >= 0.6 is 0 Å². The van der Waals surface area contributed by atoms with Gasteiger partial charge in [-0.15, -0.1) is 0 Å². The Bertz CT molecular complexity index is 700. The van der Waals surface area contributed by atoms with Crippen molar-refractivity contribution in [2.24, 2.45) is 0 Å². The quantitative estimate of drug-likeness (QED) is 0.516. The monoisotopic (exact) mass is 274 g/mol. The zero-order valence-electron chi connectivity index (χ0n) is 10.9. The maximum absolute atomic E-state index is 11.1. The number of carbonyl (C=O) groups is 1. The maximum atomic E-state index is 11.1. The van der Waals surface area contributed by atoms with Crippen LogP contribution in [0.15, 0.2) is 42.1 Å². The van der Waals surface area contributed by atoms with E-state index in [2.05, 4.69) is 0 Å². The Morgan fingerprint density at radius 3 is 2.80 bits per heavy atom. The van der Waals surface area contributed by atoms with Gasteiger partial charge in [0.15, 0.2) is 0 Å². The van der Waals surface area contributed by atoms with E-state index in [1.54, 1.807) is 42.0 Å². The molecule has 20 heavy (non-hydrogen) atoms. The zero-order valence-corrected chi connectivity index (χ0v) is 10.9. The fourth-order valence-corrected chi connectivity index (χ4v) is 2.13. The molecular weight excluding hydrogens is 260 g/mol. The molecule has 1 N–H and O–H groups in total. The van der Waals surface area contributed by atoms with E-state index in [0.717, 1.165) is 5.39 Å². The minimum absolute atomic E-state index is 0.0225. The fourth-order valence-electron chi connectivity index (χ4n) is 2.13. The number of benzene rings is 1. The number of hydrogen-bond acceptors (Lipinski definition) is 3. The van der Waals surface area contributed by atoms with E-state index in [0.29, 0.717) is 24.1 Å². The summed E-state index contributed by atoms with van der Waals surface area (Å²) in [6.45, 7) is 2.06. The number of hydrogen-bond donors (Lipinski definition) is 1. The first-order chi connectivity index (χ1) is 9.54. The molecule has 2 rings (SSSR count). The van der Waals surface area contributed by atoms with Crippen LogP contribution in [0.3, 0.4) is 0 Å². The fraction of sp³-hybridized carbons (Fsp3) is 0.214. The normalized spacial score (nSPS) is 11.8. The standard InChI is InChI=1S/C14H14N2O4/c1-2-10(14(17)18)6-8-15-9-7-11-4-3-5-12(13(11)15)16(19)20/h3-7,9H,2,8H2,1H3,(H,17,18)/b10-6-. The molecule has 0 amide bonds. The van der Waals surface area contributed by atoms with Gasteiger partial charge >= 0.3 is 5.97 Å². The van der Waals surface area contributed by atoms with Gasteiger partial charge in [-0.25, -0.2) is 4.79 Å². The number of non-ortho nitro benzene ring substituents is 1. The molecule has 0 atom stereocenters. The van der Waals surface area contributed by atoms with Crippen molar-refractivity contribution in [3.63, 3.8) is 0 Å². The minimum atomic E-state index is -0.960. The molecule has 0 spiro atoms. The van der Waals surface area contributed by atoms with Crippen molar-refractivity contribution >= 4 is 22.6 Å². The summed E-state index contributed by atoms with van der Waals surface area (Å²) >= 11 is 0. The zero-order chi connectivity index (χ0) is 14.7. The summed E-state index contributed by atoms with van der Waals surface area (Å²) in [6.07, 6.45) is 3.72. The number of fused-ring (bicyclic) bond motifs is 1. The molecule has 0 saturated carbocycles. The summed E-state index contributed by atoms with van der Waals surface area (Å²) in [6, 6.07) is 6.65. The van der Waals surface area contributed by atoms with Crippen LogP contribution in [-0.2, 0) is 11.3 Å². The Hall–Kier alpha value is -2.63. The third-order valence-corrected chi connectivity index (χ3v) is 3.15. The van der Waals surface area contributed by atoms with E-state index in [-0.39, 0.29) is 5.69 Å². The number of nitro benzene ring substituents is 1. The Morgan fingerprint density at radius 1 is 1.45 bits per heavy atom. The van der Waals surface area contributed by atoms with Crippen LogP contribution in [-0.4, -0.2) is 20.6 Å². The molecule has 2 aromatic rings. The molecule has 0 unspecified atom stereocenters. The molecule has 1 heterocycles. The molecule has 0 aliphatic carbocycles. The van der Waals surface area contributed by atoms with E-state index in [1.165, 1.54) is 6.07 Å². The van der Waals surface area contributed by atoms with Crippen LogP contribution in [0, 0.1) is 10.1 Å². The van der Waals surface area contributed by atoms with Crippen molar-refractivity contribution in [3.8, 4) is 0 Å². The first kappa shape index (κ1) is 13.8. The van der Waals surface area contributed by atoms with Crippen molar-refractivity contribution in [2.45, 2.75) is 19.9 Å². The average Bonchev–Trinajstić information content (AvgIpc) is 2.82. The molecule has 1 aromatic heterocycles. The van der Waals surface area contributed by atoms with E-state index in [9.17, 15) is 14.9 Å². The lowest BCUT2D eigenvalue weighted by Gasteiger charge is -2.04. The van der Waals surface area contributed by atoms with Gasteiger partial charge in [0.1, 0.15) is 5.52 Å². The molecule has 0 aliphatic heterocycles. The predicted molar refractivity (Wildman–Crippen MR) is 74.6 cm³/mol. The van der Waals surface area contributed by atoms with E-state index in [1.807, 2.05) is 0 Å². The van der Waals surface area contributed by atoms with Crippen molar-refractivity contribution in [3.05, 3.63) is 52.2 Å². The predicted octanol–water partition coefficient (Wildman–Crippen LogP) is 2.97. The molecular formula is C14H14N2O4. The number of aliphatic carboxylic acids is 1. The molecule has 6 nitrogen and oxygen atoms in total. The number of rotatable bonds is 5. The van der Waals surface area contributed by atoms with Gasteiger partial charge in [0, 0.05) is 29.8 Å². The van der Waals surface area contributed by atoms with Gasteiger partial charge in [0.2, 0.25) is 0 Å². The number of carboxylic acid groups (broad SMARTS) is 1. The topological polar surface area (TPSA) is 85.4 Å². The van der Waals surface area contributed by atoms with Crippen LogP contribution in [0.5, 0.6) is 0 Å². The van der Waals surface area contributed by atoms with Gasteiger partial charge in [-0.2, -0.15) is 0 Å². The lowest BCUT2D eigenvalue weighted by molar-refractivity contribution is -0.383. The molecule has 0 aliphatic rings. The highest BCUT2D eigenvalue weighted by molar-refractivity contribution is 5.89. The van der Waals surface area contributed by atoms with Crippen LogP contribution in [0.1, 0.15) is 13.3 Å². The number of allylic oxidation sites excluding steroid dienone is 1. The second-order valence-electron chi connectivity index (χ2n) is 4.33. The molecule has 6 heteroatoms. The first-order valence-corrected chi connectivity index (χ1v) is 6.19. The third kappa shape index (κ3) is 2.54. The van der Waals surface area contributed by atoms with E-state index in [4.69, 9.17) is 5.11 Å². The number of carboxylic acids is 1. The van der Waals surface area contributed by atoms with Gasteiger partial charge in [-0.1, -0.05) is 25.1 Å². The summed E-state index contributed by atoms with van der Waals surface area (Å²) in [5.41, 5.74) is 0.828. The van der Waals surface area contributed by atoms with E-state index < -0.39 is 10.9 Å². The Labute approximate surface area is 115 Å². The van der Waals surface area contributed by atoms with Crippen LogP contribution < -0.4 is 0 Å². The SMILES string of the molecule is CC/C(=C/Cn1ccc2cccc([N+](=O)[O-])c21)C(=O)O. The molecule has 1 aromatic carbocycles. The lowest BCUT2D eigenvalue weighted by atomic mass is 10.2. The summed E-state index contributed by atoms with van der Waals surface area (Å²) < 4.78 is 1.69. The Kier molecular flexibility index (Phi) is 3.84. The van der Waals surface area contributed by atoms with Crippen molar-refractivity contribution in [1.29, 1.82) is 0 Å². The first-order valence-electron chi connectivity index (χ1n) is 6.19. The summed E-state index contributed by atoms with van der Waals surface area (Å²) in [5.74, 6) is -0.960. The van der Waals surface area contributed by atoms with Gasteiger partial charge in [0.25, 0.3) is 5.69 Å². The van der Waals surface area contributed by atoms with Crippen molar-refractivity contribution < 1.29 is 14.8 Å². The highest BCUT2D eigenvalue weighted by atomic mass is 16.6. The molecule has 0 saturated heterocycles. The maximum Gasteiger partial charge on any atom is 0.331 e. The van der Waals surface area contributed by atoms with Crippen molar-refractivity contribution in [1.82, 2.24) is 4.57 Å². The van der Waals surface area contributed by atoms with Gasteiger partial charge in [-0.3, -0.25) is 10.1 Å². The summed E-state index contributed by atoms with van der Waals surface area (Å²) in [4.78, 5) is 21.6.